The van der Waals surface area contributed by atoms with Crippen molar-refractivity contribution < 1.29 is 24.2 Å². The highest BCUT2D eigenvalue weighted by atomic mass is 16.6. The minimum absolute atomic E-state index is 0.0237. The van der Waals surface area contributed by atoms with Gasteiger partial charge < -0.3 is 14.6 Å². The van der Waals surface area contributed by atoms with Crippen molar-refractivity contribution in [3.8, 4) is 0 Å². The number of esters is 2. The second-order valence-corrected chi connectivity index (χ2v) is 6.65. The van der Waals surface area contributed by atoms with Gasteiger partial charge in [0.2, 0.25) is 0 Å². The van der Waals surface area contributed by atoms with Crippen molar-refractivity contribution in [1.82, 2.24) is 0 Å². The van der Waals surface area contributed by atoms with Crippen LogP contribution in [0.1, 0.15) is 26.2 Å². The molecule has 1 saturated heterocycles. The van der Waals surface area contributed by atoms with Gasteiger partial charge >= 0.3 is 11.9 Å². The van der Waals surface area contributed by atoms with E-state index in [1.165, 1.54) is 6.92 Å². The Bertz CT molecular complexity index is 537. The fourth-order valence-corrected chi connectivity index (χ4v) is 4.34. The zero-order chi connectivity index (χ0) is 16.0. The first-order valence-electron chi connectivity index (χ1n) is 7.79. The summed E-state index contributed by atoms with van der Waals surface area (Å²) in [6, 6.07) is 0. The van der Waals surface area contributed by atoms with E-state index in [1.807, 2.05) is 0 Å². The maximum atomic E-state index is 11.9. The Morgan fingerprint density at radius 3 is 2.82 bits per heavy atom. The van der Waals surface area contributed by atoms with Crippen LogP contribution in [-0.4, -0.2) is 35.9 Å². The SMILES string of the molecule is C=C1C(=O)OC2C1CCC(=C)C1CC(O)C(COC(C)=O)C12. The number of carbonyl (C=O) groups excluding carboxylic acids is 2. The molecule has 0 radical (unpaired) electrons. The molecule has 6 unspecified atom stereocenters. The Balaban J connectivity index is 1.90. The number of aliphatic hydroxyl groups excluding tert-OH is 1. The summed E-state index contributed by atoms with van der Waals surface area (Å²) >= 11 is 0. The molecule has 3 rings (SSSR count). The lowest BCUT2D eigenvalue weighted by molar-refractivity contribution is -0.148. The lowest BCUT2D eigenvalue weighted by Crippen LogP contribution is -2.36. The van der Waals surface area contributed by atoms with Crippen LogP contribution in [0.15, 0.2) is 24.3 Å². The monoisotopic (exact) mass is 306 g/mol. The van der Waals surface area contributed by atoms with Crippen LogP contribution in [0.5, 0.6) is 0 Å². The Hall–Kier alpha value is -1.62. The zero-order valence-corrected chi connectivity index (χ0v) is 12.8. The molecule has 0 amide bonds. The second-order valence-electron chi connectivity index (χ2n) is 6.65. The number of fused-ring (bicyclic) bond motifs is 3. The molecular formula is C17H22O5. The summed E-state index contributed by atoms with van der Waals surface area (Å²) in [5.41, 5.74) is 1.61. The van der Waals surface area contributed by atoms with E-state index in [0.717, 1.165) is 18.4 Å². The molecule has 6 atom stereocenters. The van der Waals surface area contributed by atoms with Gasteiger partial charge in [0.1, 0.15) is 6.10 Å². The summed E-state index contributed by atoms with van der Waals surface area (Å²) in [7, 11) is 0. The Kier molecular flexibility index (Phi) is 3.85. The molecule has 22 heavy (non-hydrogen) atoms. The Morgan fingerprint density at radius 1 is 1.41 bits per heavy atom. The van der Waals surface area contributed by atoms with Crippen LogP contribution in [0.4, 0.5) is 0 Å². The fourth-order valence-electron chi connectivity index (χ4n) is 4.34. The van der Waals surface area contributed by atoms with Crippen molar-refractivity contribution in [2.45, 2.75) is 38.4 Å². The summed E-state index contributed by atoms with van der Waals surface area (Å²) in [6.45, 7) is 9.53. The van der Waals surface area contributed by atoms with E-state index in [4.69, 9.17) is 9.47 Å². The summed E-state index contributed by atoms with van der Waals surface area (Å²) < 4.78 is 10.7. The molecule has 2 aliphatic carbocycles. The van der Waals surface area contributed by atoms with Crippen molar-refractivity contribution in [3.63, 3.8) is 0 Å². The van der Waals surface area contributed by atoms with Gasteiger partial charge in [0.15, 0.2) is 0 Å². The van der Waals surface area contributed by atoms with E-state index < -0.39 is 6.10 Å². The zero-order valence-electron chi connectivity index (χ0n) is 12.8. The van der Waals surface area contributed by atoms with Gasteiger partial charge in [0.05, 0.1) is 12.7 Å². The molecule has 0 aromatic heterocycles. The first kappa shape index (κ1) is 15.3. The minimum atomic E-state index is -0.572. The van der Waals surface area contributed by atoms with E-state index in [-0.39, 0.29) is 48.3 Å². The van der Waals surface area contributed by atoms with Gasteiger partial charge in [-0.25, -0.2) is 4.79 Å². The van der Waals surface area contributed by atoms with Crippen molar-refractivity contribution in [2.24, 2.45) is 23.7 Å². The third-order valence-corrected chi connectivity index (χ3v) is 5.46. The molecular weight excluding hydrogens is 284 g/mol. The molecule has 0 aromatic rings. The van der Waals surface area contributed by atoms with Crippen LogP contribution in [0.3, 0.4) is 0 Å². The summed E-state index contributed by atoms with van der Waals surface area (Å²) in [6.07, 6.45) is 1.34. The number of aliphatic hydroxyl groups is 1. The second kappa shape index (κ2) is 5.54. The molecule has 0 spiro atoms. The Labute approximate surface area is 130 Å². The van der Waals surface area contributed by atoms with Crippen LogP contribution in [0.2, 0.25) is 0 Å². The highest BCUT2D eigenvalue weighted by Crippen LogP contribution is 2.52. The summed E-state index contributed by atoms with van der Waals surface area (Å²) in [5, 5.41) is 10.4. The van der Waals surface area contributed by atoms with E-state index in [1.54, 1.807) is 0 Å². The van der Waals surface area contributed by atoms with Gasteiger partial charge in [-0.2, -0.15) is 0 Å². The number of ether oxygens (including phenoxy) is 2. The maximum absolute atomic E-state index is 11.9. The summed E-state index contributed by atoms with van der Waals surface area (Å²) in [5.74, 6) is -0.914. The smallest absolute Gasteiger partial charge is 0.334 e. The number of hydrogen-bond acceptors (Lipinski definition) is 5. The van der Waals surface area contributed by atoms with E-state index in [2.05, 4.69) is 13.2 Å². The van der Waals surface area contributed by atoms with Crippen molar-refractivity contribution in [1.29, 1.82) is 0 Å². The molecule has 1 heterocycles. The molecule has 120 valence electrons. The number of allylic oxidation sites excluding steroid dienone is 1. The molecule has 5 heteroatoms. The predicted molar refractivity (Wildman–Crippen MR) is 78.6 cm³/mol. The normalized spacial score (nSPS) is 40.7. The van der Waals surface area contributed by atoms with Gasteiger partial charge in [-0.05, 0) is 25.2 Å². The van der Waals surface area contributed by atoms with Crippen molar-refractivity contribution >= 4 is 11.9 Å². The van der Waals surface area contributed by atoms with Crippen molar-refractivity contribution in [2.75, 3.05) is 6.61 Å². The molecule has 2 saturated carbocycles. The quantitative estimate of drug-likeness (QED) is 0.477. The highest BCUT2D eigenvalue weighted by molar-refractivity contribution is 5.90. The van der Waals surface area contributed by atoms with Crippen LogP contribution in [0.25, 0.3) is 0 Å². The molecule has 3 fully saturated rings. The third-order valence-electron chi connectivity index (χ3n) is 5.46. The van der Waals surface area contributed by atoms with Crippen LogP contribution in [0, 0.1) is 23.7 Å². The highest BCUT2D eigenvalue weighted by Gasteiger charge is 2.55. The average Bonchev–Trinajstić information content (AvgIpc) is 2.88. The molecule has 0 bridgehead atoms. The molecule has 1 aliphatic heterocycles. The predicted octanol–water partition coefficient (Wildman–Crippen LogP) is 1.61. The van der Waals surface area contributed by atoms with Crippen LogP contribution < -0.4 is 0 Å². The van der Waals surface area contributed by atoms with E-state index in [9.17, 15) is 14.7 Å². The number of rotatable bonds is 2. The lowest BCUT2D eigenvalue weighted by Gasteiger charge is -2.30. The molecule has 3 aliphatic rings. The summed E-state index contributed by atoms with van der Waals surface area (Å²) in [4.78, 5) is 23.0. The number of carbonyl (C=O) groups is 2. The molecule has 5 nitrogen and oxygen atoms in total. The first-order chi connectivity index (χ1) is 10.4. The van der Waals surface area contributed by atoms with E-state index >= 15 is 0 Å². The van der Waals surface area contributed by atoms with E-state index in [0.29, 0.717) is 12.0 Å². The fraction of sp³-hybridized carbons (Fsp3) is 0.647. The van der Waals surface area contributed by atoms with Crippen LogP contribution >= 0.6 is 0 Å². The standard InChI is InChI=1S/C17H22O5/c1-8-4-5-11-9(2)17(20)22-16(11)15-12(8)6-14(19)13(15)7-21-10(3)18/h11-16,19H,1-2,4-7H2,3H3. The molecule has 0 aromatic carbocycles. The first-order valence-corrected chi connectivity index (χ1v) is 7.79. The lowest BCUT2D eigenvalue weighted by atomic mass is 9.79. The van der Waals surface area contributed by atoms with Gasteiger partial charge in [-0.1, -0.05) is 18.7 Å². The largest absolute Gasteiger partial charge is 0.465 e. The van der Waals surface area contributed by atoms with Gasteiger partial charge in [-0.3, -0.25) is 4.79 Å². The molecule has 1 N–H and O–H groups in total. The third kappa shape index (κ3) is 2.37. The topological polar surface area (TPSA) is 72.8 Å². The van der Waals surface area contributed by atoms with Crippen LogP contribution in [-0.2, 0) is 19.1 Å². The van der Waals surface area contributed by atoms with Gasteiger partial charge in [0.25, 0.3) is 0 Å². The van der Waals surface area contributed by atoms with Gasteiger partial charge in [0, 0.05) is 30.3 Å². The minimum Gasteiger partial charge on any atom is -0.465 e. The van der Waals surface area contributed by atoms with Crippen molar-refractivity contribution in [3.05, 3.63) is 24.3 Å². The average molecular weight is 306 g/mol. The number of hydrogen-bond donors (Lipinski definition) is 1. The Morgan fingerprint density at radius 2 is 2.14 bits per heavy atom. The van der Waals surface area contributed by atoms with Gasteiger partial charge in [-0.15, -0.1) is 0 Å². The maximum Gasteiger partial charge on any atom is 0.334 e.